The molecule has 0 aliphatic carbocycles. The maximum atomic E-state index is 11.6. The molecule has 6 N–H and O–H groups in total. The van der Waals surface area contributed by atoms with Crippen molar-refractivity contribution in [2.24, 2.45) is 11.8 Å². The number of aryl methyl sites for hydroxylation is 2. The van der Waals surface area contributed by atoms with Gasteiger partial charge in [-0.05, 0) is 44.1 Å². The fourth-order valence-electron chi connectivity index (χ4n) is 5.74. The fourth-order valence-corrected chi connectivity index (χ4v) is 7.43. The first kappa shape index (κ1) is 42.9. The van der Waals surface area contributed by atoms with Crippen molar-refractivity contribution in [2.75, 3.05) is 0 Å². The van der Waals surface area contributed by atoms with E-state index >= 15 is 0 Å². The SMILES string of the molecule is CC(C)C[C@H](N[C@@H](Cc1nc(-c2ccccc2)cs1)C(=O)O)C(=O)O.Cc1cc(C)cc(Cc2nc(C[C@H](N[C@@H](CC(C)C)C(=O)O)C(=O)O)cs2)c1. The van der Waals surface area contributed by atoms with Gasteiger partial charge in [-0.2, -0.15) is 0 Å². The topological polar surface area (TPSA) is 199 Å². The van der Waals surface area contributed by atoms with Crippen LogP contribution < -0.4 is 10.6 Å². The lowest BCUT2D eigenvalue weighted by Crippen LogP contribution is -2.48. The van der Waals surface area contributed by atoms with Gasteiger partial charge in [-0.25, -0.2) is 9.97 Å². The van der Waals surface area contributed by atoms with Crippen LogP contribution in [0.1, 0.15) is 72.9 Å². The molecule has 2 heterocycles. The highest BCUT2D eigenvalue weighted by atomic mass is 32.1. The zero-order chi connectivity index (χ0) is 39.2. The summed E-state index contributed by atoms with van der Waals surface area (Å²) in [4.78, 5) is 55.0. The summed E-state index contributed by atoms with van der Waals surface area (Å²) >= 11 is 2.88. The Morgan fingerprint density at radius 3 is 1.62 bits per heavy atom. The van der Waals surface area contributed by atoms with E-state index in [1.54, 1.807) is 0 Å². The first-order valence-electron chi connectivity index (χ1n) is 17.4. The molecule has 0 aliphatic rings. The lowest BCUT2D eigenvalue weighted by atomic mass is 10.0. The summed E-state index contributed by atoms with van der Waals surface area (Å²) < 4.78 is 0. The number of hydrogen-bond acceptors (Lipinski definition) is 10. The van der Waals surface area contributed by atoms with Crippen LogP contribution in [0, 0.1) is 25.7 Å². The quantitative estimate of drug-likeness (QED) is 0.0621. The predicted molar refractivity (Wildman–Crippen MR) is 207 cm³/mol. The highest BCUT2D eigenvalue weighted by Gasteiger charge is 2.29. The van der Waals surface area contributed by atoms with Crippen LogP contribution in [-0.4, -0.2) is 78.4 Å². The maximum Gasteiger partial charge on any atom is 0.321 e. The largest absolute Gasteiger partial charge is 0.480 e. The van der Waals surface area contributed by atoms with Crippen molar-refractivity contribution in [1.29, 1.82) is 0 Å². The molecular weight excluding hydrogens is 717 g/mol. The van der Waals surface area contributed by atoms with E-state index in [0.29, 0.717) is 30.0 Å². The molecular formula is C39H50N4O8S2. The second kappa shape index (κ2) is 20.7. The van der Waals surface area contributed by atoms with Crippen molar-refractivity contribution in [2.45, 2.75) is 97.8 Å². The summed E-state index contributed by atoms with van der Waals surface area (Å²) in [6, 6.07) is 12.2. The highest BCUT2D eigenvalue weighted by Crippen LogP contribution is 2.23. The van der Waals surface area contributed by atoms with Crippen molar-refractivity contribution in [1.82, 2.24) is 20.6 Å². The molecule has 0 bridgehead atoms. The van der Waals surface area contributed by atoms with E-state index in [1.807, 2.05) is 68.8 Å². The van der Waals surface area contributed by atoms with Gasteiger partial charge in [0.2, 0.25) is 0 Å². The molecule has 0 spiro atoms. The molecule has 4 aromatic rings. The number of carboxylic acid groups (broad SMARTS) is 4. The van der Waals surface area contributed by atoms with Crippen LogP contribution in [0.2, 0.25) is 0 Å². The molecule has 0 fully saturated rings. The van der Waals surface area contributed by atoms with Crippen molar-refractivity contribution in [3.63, 3.8) is 0 Å². The summed E-state index contributed by atoms with van der Waals surface area (Å²) in [7, 11) is 0. The molecule has 0 radical (unpaired) electrons. The summed E-state index contributed by atoms with van der Waals surface area (Å²) in [6.45, 7) is 11.7. The van der Waals surface area contributed by atoms with Crippen LogP contribution in [0.25, 0.3) is 11.3 Å². The van der Waals surface area contributed by atoms with Crippen molar-refractivity contribution in [3.8, 4) is 11.3 Å². The Kier molecular flexibility index (Phi) is 16.7. The Morgan fingerprint density at radius 2 is 1.13 bits per heavy atom. The molecule has 4 rings (SSSR count). The summed E-state index contributed by atoms with van der Waals surface area (Å²) in [5.74, 6) is -3.93. The summed E-state index contributed by atoms with van der Waals surface area (Å²) in [5, 5.41) is 48.5. The third-order valence-electron chi connectivity index (χ3n) is 8.06. The second-order valence-corrected chi connectivity index (χ2v) is 15.8. The lowest BCUT2D eigenvalue weighted by Gasteiger charge is -2.21. The molecule has 2 aromatic heterocycles. The Bertz CT molecular complexity index is 1790. The van der Waals surface area contributed by atoms with Gasteiger partial charge in [0, 0.05) is 35.6 Å². The van der Waals surface area contributed by atoms with Crippen LogP contribution in [0.15, 0.2) is 59.3 Å². The first-order valence-corrected chi connectivity index (χ1v) is 19.2. The zero-order valence-corrected chi connectivity index (χ0v) is 32.5. The average Bonchev–Trinajstić information content (AvgIpc) is 3.72. The number of benzene rings is 2. The van der Waals surface area contributed by atoms with Gasteiger partial charge in [-0.15, -0.1) is 22.7 Å². The fraction of sp³-hybridized carbons (Fsp3) is 0.436. The number of hydrogen-bond donors (Lipinski definition) is 6. The number of carbonyl (C=O) groups is 4. The van der Waals surface area contributed by atoms with Crippen LogP contribution in [0.4, 0.5) is 0 Å². The van der Waals surface area contributed by atoms with E-state index in [-0.39, 0.29) is 24.7 Å². The molecule has 0 saturated carbocycles. The van der Waals surface area contributed by atoms with Gasteiger partial charge in [0.25, 0.3) is 0 Å². The third kappa shape index (κ3) is 14.8. The number of nitrogens with one attached hydrogen (secondary N) is 2. The van der Waals surface area contributed by atoms with Gasteiger partial charge >= 0.3 is 23.9 Å². The normalized spacial score (nSPS) is 13.5. The Morgan fingerprint density at radius 1 is 0.642 bits per heavy atom. The van der Waals surface area contributed by atoms with E-state index in [0.717, 1.165) is 16.3 Å². The molecule has 4 atom stereocenters. The molecule has 53 heavy (non-hydrogen) atoms. The summed E-state index contributed by atoms with van der Waals surface area (Å²) in [5.41, 5.74) is 6.00. The third-order valence-corrected chi connectivity index (χ3v) is 9.83. The van der Waals surface area contributed by atoms with E-state index in [4.69, 9.17) is 0 Å². The number of aromatic nitrogens is 2. The Hall–Kier alpha value is -4.50. The number of thiazole rings is 2. The van der Waals surface area contributed by atoms with Crippen molar-refractivity contribution < 1.29 is 39.6 Å². The van der Waals surface area contributed by atoms with Gasteiger partial charge in [-0.3, -0.25) is 29.8 Å². The molecule has 0 unspecified atom stereocenters. The first-order chi connectivity index (χ1) is 25.0. The molecule has 12 nitrogen and oxygen atoms in total. The molecule has 286 valence electrons. The smallest absolute Gasteiger partial charge is 0.321 e. The standard InChI is InChI=1S/C21H28N2O4S.C18H22N2O4S/c1-12(2)5-17(20(24)25)23-18(21(26)27)10-16-11-28-19(22-16)9-15-7-13(3)6-14(4)8-15;1-11(2)8-13(17(21)22)19-14(18(23)24)9-16-20-15(10-25-16)12-6-4-3-5-7-12/h6-8,11-12,17-18,23H,5,9-10H2,1-4H3,(H,24,25)(H,26,27);3-7,10-11,13-14,19H,8-9H2,1-2H3,(H,21,22)(H,23,24)/t17-,18-;13-,14-/m00/s1. The minimum absolute atomic E-state index is 0.145. The monoisotopic (exact) mass is 766 g/mol. The minimum Gasteiger partial charge on any atom is -0.480 e. The number of rotatable bonds is 19. The van der Waals surface area contributed by atoms with Crippen molar-refractivity contribution >= 4 is 46.6 Å². The predicted octanol–water partition coefficient (Wildman–Crippen LogP) is 6.33. The Balaban J connectivity index is 0.000000287. The van der Waals surface area contributed by atoms with E-state index in [9.17, 15) is 39.6 Å². The number of aliphatic carboxylic acids is 4. The molecule has 0 amide bonds. The molecule has 0 aliphatic heterocycles. The number of carboxylic acids is 4. The highest BCUT2D eigenvalue weighted by molar-refractivity contribution is 7.10. The van der Waals surface area contributed by atoms with E-state index in [2.05, 4.69) is 52.6 Å². The maximum absolute atomic E-state index is 11.6. The van der Waals surface area contributed by atoms with Crippen LogP contribution >= 0.6 is 22.7 Å². The Labute approximate surface area is 318 Å². The van der Waals surface area contributed by atoms with Gasteiger partial charge < -0.3 is 20.4 Å². The van der Waals surface area contributed by atoms with E-state index < -0.39 is 48.0 Å². The van der Waals surface area contributed by atoms with Crippen molar-refractivity contribution in [3.05, 3.63) is 91.7 Å². The van der Waals surface area contributed by atoms with E-state index in [1.165, 1.54) is 39.4 Å². The molecule has 0 saturated heterocycles. The van der Waals surface area contributed by atoms with Crippen LogP contribution in [0.5, 0.6) is 0 Å². The van der Waals surface area contributed by atoms with Gasteiger partial charge in [0.15, 0.2) is 0 Å². The van der Waals surface area contributed by atoms with Gasteiger partial charge in [0.1, 0.15) is 24.2 Å². The summed E-state index contributed by atoms with van der Waals surface area (Å²) in [6.07, 6.45) is 1.74. The average molecular weight is 767 g/mol. The minimum atomic E-state index is -1.08. The van der Waals surface area contributed by atoms with Gasteiger partial charge in [0.05, 0.1) is 21.4 Å². The molecule has 14 heteroatoms. The van der Waals surface area contributed by atoms with Gasteiger partial charge in [-0.1, -0.05) is 87.4 Å². The van der Waals surface area contributed by atoms with Crippen LogP contribution in [0.3, 0.4) is 0 Å². The zero-order valence-electron chi connectivity index (χ0n) is 30.9. The second-order valence-electron chi connectivity index (χ2n) is 14.0. The molecule has 2 aromatic carbocycles. The number of nitrogens with zero attached hydrogens (tertiary/aromatic N) is 2. The lowest BCUT2D eigenvalue weighted by molar-refractivity contribution is -0.144. The van der Waals surface area contributed by atoms with Crippen LogP contribution in [-0.2, 0) is 38.4 Å².